The predicted molar refractivity (Wildman–Crippen MR) is 84.5 cm³/mol. The Bertz CT molecular complexity index is 433. The Morgan fingerprint density at radius 2 is 2.00 bits per heavy atom. The van der Waals surface area contributed by atoms with Crippen LogP contribution >= 0.6 is 11.3 Å². The number of rotatable bonds is 6. The average molecular weight is 294 g/mol. The monoisotopic (exact) mass is 294 g/mol. The molecular formula is C15H26N4S. The fourth-order valence-corrected chi connectivity index (χ4v) is 3.96. The Balaban J connectivity index is 1.55. The Morgan fingerprint density at radius 3 is 2.65 bits per heavy atom. The maximum atomic E-state index is 4.93. The highest BCUT2D eigenvalue weighted by Gasteiger charge is 2.29. The fraction of sp³-hybridized carbons (Fsp3) is 0.800. The number of aromatic nitrogens is 1. The molecule has 2 fully saturated rings. The molecule has 4 nitrogen and oxygen atoms in total. The summed E-state index contributed by atoms with van der Waals surface area (Å²) in [5.74, 6) is 0.770. The van der Waals surface area contributed by atoms with Crippen LogP contribution in [0.4, 0.5) is 0 Å². The van der Waals surface area contributed by atoms with Crippen molar-refractivity contribution in [3.8, 4) is 0 Å². The van der Waals surface area contributed by atoms with Crippen molar-refractivity contribution in [2.24, 2.45) is 0 Å². The lowest BCUT2D eigenvalue weighted by atomic mass is 10.2. The van der Waals surface area contributed by atoms with Crippen LogP contribution in [0.25, 0.3) is 0 Å². The number of thiazole rings is 1. The second-order valence-electron chi connectivity index (χ2n) is 6.12. The van der Waals surface area contributed by atoms with E-state index in [0.29, 0.717) is 0 Å². The molecule has 0 atom stereocenters. The minimum Gasteiger partial charge on any atom is -0.315 e. The van der Waals surface area contributed by atoms with Crippen LogP contribution in [0.15, 0.2) is 0 Å². The summed E-state index contributed by atoms with van der Waals surface area (Å²) in [5, 5.41) is 4.63. The van der Waals surface area contributed by atoms with Gasteiger partial charge in [0, 0.05) is 56.5 Å². The second-order valence-corrected chi connectivity index (χ2v) is 7.28. The van der Waals surface area contributed by atoms with Crippen LogP contribution in [0.5, 0.6) is 0 Å². The summed E-state index contributed by atoms with van der Waals surface area (Å²) in [7, 11) is 4.24. The molecule has 0 amide bonds. The van der Waals surface area contributed by atoms with Gasteiger partial charge in [0.25, 0.3) is 0 Å². The lowest BCUT2D eigenvalue weighted by Crippen LogP contribution is -2.45. The molecule has 0 bridgehead atoms. The van der Waals surface area contributed by atoms with Crippen LogP contribution in [0, 0.1) is 0 Å². The van der Waals surface area contributed by atoms with Gasteiger partial charge in [-0.25, -0.2) is 4.98 Å². The van der Waals surface area contributed by atoms with Gasteiger partial charge in [0.15, 0.2) is 0 Å². The van der Waals surface area contributed by atoms with E-state index in [0.717, 1.165) is 18.9 Å². The summed E-state index contributed by atoms with van der Waals surface area (Å²) in [6.07, 6.45) is 3.81. The van der Waals surface area contributed by atoms with Crippen molar-refractivity contribution in [1.29, 1.82) is 0 Å². The number of nitrogens with zero attached hydrogens (tertiary/aromatic N) is 3. The second kappa shape index (κ2) is 6.52. The molecule has 0 aromatic carbocycles. The van der Waals surface area contributed by atoms with Gasteiger partial charge in [0.1, 0.15) is 0 Å². The molecule has 0 spiro atoms. The Morgan fingerprint density at radius 1 is 1.25 bits per heavy atom. The first-order chi connectivity index (χ1) is 9.76. The van der Waals surface area contributed by atoms with Gasteiger partial charge in [-0.05, 0) is 26.9 Å². The normalized spacial score (nSPS) is 21.5. The van der Waals surface area contributed by atoms with E-state index < -0.39 is 0 Å². The summed E-state index contributed by atoms with van der Waals surface area (Å²) in [4.78, 5) is 11.4. The van der Waals surface area contributed by atoms with E-state index in [1.807, 2.05) is 18.4 Å². The number of likely N-dealkylation sites (N-methyl/N-ethyl adjacent to an activating group) is 1. The van der Waals surface area contributed by atoms with Crippen molar-refractivity contribution in [2.75, 3.05) is 46.8 Å². The highest BCUT2D eigenvalue weighted by Crippen LogP contribution is 2.42. The smallest absolute Gasteiger partial charge is 0.0944 e. The van der Waals surface area contributed by atoms with Gasteiger partial charge in [-0.2, -0.15) is 0 Å². The number of hydrogen-bond acceptors (Lipinski definition) is 5. The van der Waals surface area contributed by atoms with Gasteiger partial charge < -0.3 is 15.1 Å². The quantitative estimate of drug-likeness (QED) is 0.862. The molecule has 1 aromatic rings. The molecule has 1 aliphatic carbocycles. The largest absolute Gasteiger partial charge is 0.315 e. The van der Waals surface area contributed by atoms with E-state index in [2.05, 4.69) is 22.2 Å². The Kier molecular flexibility index (Phi) is 4.71. The zero-order chi connectivity index (χ0) is 13.9. The molecule has 5 heteroatoms. The van der Waals surface area contributed by atoms with Crippen molar-refractivity contribution in [3.63, 3.8) is 0 Å². The van der Waals surface area contributed by atoms with Crippen LogP contribution in [0.3, 0.4) is 0 Å². The molecular weight excluding hydrogens is 268 g/mol. The van der Waals surface area contributed by atoms with Crippen LogP contribution in [0.1, 0.15) is 34.3 Å². The summed E-state index contributed by atoms with van der Waals surface area (Å²) >= 11 is 1.93. The van der Waals surface area contributed by atoms with E-state index in [1.54, 1.807) is 0 Å². The van der Waals surface area contributed by atoms with Crippen molar-refractivity contribution in [3.05, 3.63) is 15.6 Å². The van der Waals surface area contributed by atoms with Crippen molar-refractivity contribution < 1.29 is 0 Å². The van der Waals surface area contributed by atoms with E-state index in [1.165, 1.54) is 61.1 Å². The van der Waals surface area contributed by atoms with Crippen molar-refractivity contribution in [2.45, 2.75) is 31.7 Å². The molecule has 20 heavy (non-hydrogen) atoms. The third-order valence-corrected chi connectivity index (χ3v) is 5.44. The molecule has 2 heterocycles. The molecule has 0 radical (unpaired) electrons. The molecule has 0 unspecified atom stereocenters. The lowest BCUT2D eigenvalue weighted by molar-refractivity contribution is 0.155. The zero-order valence-electron chi connectivity index (χ0n) is 12.7. The first-order valence-corrected chi connectivity index (χ1v) is 8.62. The van der Waals surface area contributed by atoms with Crippen LogP contribution in [-0.2, 0) is 13.0 Å². The molecule has 1 aliphatic heterocycles. The summed E-state index contributed by atoms with van der Waals surface area (Å²) in [5.41, 5.74) is 1.40. The minimum atomic E-state index is 0.770. The topological polar surface area (TPSA) is 31.4 Å². The summed E-state index contributed by atoms with van der Waals surface area (Å²) in [6, 6.07) is 0. The molecule has 1 saturated carbocycles. The molecule has 3 rings (SSSR count). The predicted octanol–water partition coefficient (Wildman–Crippen LogP) is 1.53. The third kappa shape index (κ3) is 3.58. The first-order valence-electron chi connectivity index (χ1n) is 7.80. The van der Waals surface area contributed by atoms with Crippen molar-refractivity contribution in [1.82, 2.24) is 20.1 Å². The van der Waals surface area contributed by atoms with Gasteiger partial charge >= 0.3 is 0 Å². The van der Waals surface area contributed by atoms with Gasteiger partial charge in [0.2, 0.25) is 0 Å². The van der Waals surface area contributed by atoms with Gasteiger partial charge in [-0.3, -0.25) is 0 Å². The van der Waals surface area contributed by atoms with Crippen LogP contribution < -0.4 is 5.32 Å². The third-order valence-electron chi connectivity index (χ3n) is 4.31. The van der Waals surface area contributed by atoms with Gasteiger partial charge in [-0.1, -0.05) is 0 Å². The maximum Gasteiger partial charge on any atom is 0.0944 e. The van der Waals surface area contributed by atoms with Crippen molar-refractivity contribution >= 4 is 11.3 Å². The van der Waals surface area contributed by atoms with Gasteiger partial charge in [0.05, 0.1) is 10.7 Å². The maximum absolute atomic E-state index is 4.93. The Labute approximate surface area is 126 Å². The first kappa shape index (κ1) is 14.4. The average Bonchev–Trinajstić information content (AvgIpc) is 3.21. The SMILES string of the molecule is CNCc1sc(CCN2CCN(C)CC2)nc1C1CC1. The van der Waals surface area contributed by atoms with Gasteiger partial charge in [-0.15, -0.1) is 11.3 Å². The zero-order valence-corrected chi connectivity index (χ0v) is 13.5. The summed E-state index contributed by atoms with van der Waals surface area (Å²) in [6.45, 7) is 6.98. The molecule has 1 saturated heterocycles. The summed E-state index contributed by atoms with van der Waals surface area (Å²) < 4.78 is 0. The number of piperazine rings is 1. The van der Waals surface area contributed by atoms with E-state index in [4.69, 9.17) is 4.98 Å². The van der Waals surface area contributed by atoms with Crippen LogP contribution in [0.2, 0.25) is 0 Å². The number of nitrogens with one attached hydrogen (secondary N) is 1. The highest BCUT2D eigenvalue weighted by atomic mass is 32.1. The standard InChI is InChI=1S/C15H26N4S/c1-16-11-13-15(12-3-4-12)17-14(20-13)5-6-19-9-7-18(2)8-10-19/h12,16H,3-11H2,1-2H3. The van der Waals surface area contributed by atoms with E-state index in [9.17, 15) is 0 Å². The number of hydrogen-bond donors (Lipinski definition) is 1. The molecule has 112 valence electrons. The fourth-order valence-electron chi connectivity index (χ4n) is 2.81. The highest BCUT2D eigenvalue weighted by molar-refractivity contribution is 7.11. The Hall–Kier alpha value is -0.490. The lowest BCUT2D eigenvalue weighted by Gasteiger charge is -2.32. The molecule has 2 aliphatic rings. The molecule has 1 N–H and O–H groups in total. The van der Waals surface area contributed by atoms with E-state index in [-0.39, 0.29) is 0 Å². The van der Waals surface area contributed by atoms with Crippen LogP contribution in [-0.4, -0.2) is 61.6 Å². The van der Waals surface area contributed by atoms with E-state index >= 15 is 0 Å². The minimum absolute atomic E-state index is 0.770. The molecule has 1 aromatic heterocycles.